The number of nitrogens with two attached hydrogens (primary N) is 1. The zero-order chi connectivity index (χ0) is 20.9. The molecule has 0 amide bonds. The lowest BCUT2D eigenvalue weighted by Gasteiger charge is -2.08. The first-order valence-electron chi connectivity index (χ1n) is 9.44. The quantitative estimate of drug-likeness (QED) is 0.533. The van der Waals surface area contributed by atoms with Crippen LogP contribution >= 0.6 is 0 Å². The van der Waals surface area contributed by atoms with Gasteiger partial charge >= 0.3 is 0 Å². The van der Waals surface area contributed by atoms with E-state index in [-0.39, 0.29) is 10.7 Å². The van der Waals surface area contributed by atoms with Gasteiger partial charge in [0.05, 0.1) is 28.6 Å². The Morgan fingerprint density at radius 2 is 1.76 bits per heavy atom. The van der Waals surface area contributed by atoms with Crippen LogP contribution in [0.4, 0.5) is 4.39 Å². The van der Waals surface area contributed by atoms with Crippen molar-refractivity contribution in [3.05, 3.63) is 66.1 Å². The van der Waals surface area contributed by atoms with Crippen LogP contribution in [0, 0.1) is 5.82 Å². The Hall–Kier alpha value is -2.55. The van der Waals surface area contributed by atoms with E-state index in [1.54, 1.807) is 28.9 Å². The SMILES string of the molecule is CCCCCOCc1cc(-c2ccc(F)cc2)n(-c2ccc(S(N)(=O)=O)cc2)n1. The molecule has 29 heavy (non-hydrogen) atoms. The van der Waals surface area contributed by atoms with E-state index < -0.39 is 10.0 Å². The van der Waals surface area contributed by atoms with Crippen molar-refractivity contribution < 1.29 is 17.5 Å². The number of aromatic nitrogens is 2. The Morgan fingerprint density at radius 3 is 2.38 bits per heavy atom. The van der Waals surface area contributed by atoms with E-state index >= 15 is 0 Å². The van der Waals surface area contributed by atoms with Crippen LogP contribution in [0.25, 0.3) is 16.9 Å². The molecule has 8 heteroatoms. The fourth-order valence-electron chi connectivity index (χ4n) is 2.93. The second kappa shape index (κ2) is 9.30. The molecule has 2 N–H and O–H groups in total. The summed E-state index contributed by atoms with van der Waals surface area (Å²) in [4.78, 5) is 0.0243. The highest BCUT2D eigenvalue weighted by atomic mass is 32.2. The number of halogens is 1. The minimum Gasteiger partial charge on any atom is -0.375 e. The van der Waals surface area contributed by atoms with Gasteiger partial charge in [-0.05, 0) is 61.0 Å². The number of nitrogens with zero attached hydrogens (tertiary/aromatic N) is 2. The van der Waals surface area contributed by atoms with Gasteiger partial charge in [-0.3, -0.25) is 0 Å². The summed E-state index contributed by atoms with van der Waals surface area (Å²) < 4.78 is 43.7. The molecule has 0 saturated heterocycles. The third-order valence-corrected chi connectivity index (χ3v) is 5.38. The smallest absolute Gasteiger partial charge is 0.238 e. The first-order valence-corrected chi connectivity index (χ1v) is 11.0. The van der Waals surface area contributed by atoms with Gasteiger partial charge in [0.1, 0.15) is 5.82 Å². The average Bonchev–Trinajstić information content (AvgIpc) is 3.12. The first kappa shape index (κ1) is 21.2. The van der Waals surface area contributed by atoms with Gasteiger partial charge in [-0.1, -0.05) is 19.8 Å². The highest BCUT2D eigenvalue weighted by Gasteiger charge is 2.14. The largest absolute Gasteiger partial charge is 0.375 e. The number of sulfonamides is 1. The molecule has 0 spiro atoms. The Morgan fingerprint density at radius 1 is 1.07 bits per heavy atom. The van der Waals surface area contributed by atoms with Crippen LogP contribution in [-0.2, 0) is 21.4 Å². The second-order valence-electron chi connectivity index (χ2n) is 6.74. The highest BCUT2D eigenvalue weighted by Crippen LogP contribution is 2.25. The van der Waals surface area contributed by atoms with Gasteiger partial charge in [-0.2, -0.15) is 5.10 Å². The van der Waals surface area contributed by atoms with E-state index in [9.17, 15) is 12.8 Å². The molecule has 0 aliphatic heterocycles. The number of hydrogen-bond donors (Lipinski definition) is 1. The molecule has 3 aromatic rings. The molecular formula is C21H24FN3O3S. The van der Waals surface area contributed by atoms with Crippen LogP contribution in [0.5, 0.6) is 0 Å². The molecule has 0 atom stereocenters. The van der Waals surface area contributed by atoms with Crippen LogP contribution in [0.15, 0.2) is 59.5 Å². The predicted octanol–water partition coefficient (Wildman–Crippen LogP) is 4.03. The number of hydrogen-bond acceptors (Lipinski definition) is 4. The Balaban J connectivity index is 1.92. The van der Waals surface area contributed by atoms with Crippen molar-refractivity contribution in [3.63, 3.8) is 0 Å². The first-order chi connectivity index (χ1) is 13.9. The lowest BCUT2D eigenvalue weighted by atomic mass is 10.1. The van der Waals surface area contributed by atoms with Crippen molar-refractivity contribution in [2.75, 3.05) is 6.61 Å². The lowest BCUT2D eigenvalue weighted by molar-refractivity contribution is 0.114. The van der Waals surface area contributed by atoms with Crippen molar-refractivity contribution >= 4 is 10.0 Å². The van der Waals surface area contributed by atoms with Gasteiger partial charge in [0, 0.05) is 12.2 Å². The van der Waals surface area contributed by atoms with Gasteiger partial charge < -0.3 is 4.74 Å². The van der Waals surface area contributed by atoms with Crippen molar-refractivity contribution in [2.24, 2.45) is 5.14 Å². The number of ether oxygens (including phenoxy) is 1. The van der Waals surface area contributed by atoms with E-state index in [1.807, 2.05) is 6.07 Å². The summed E-state index contributed by atoms with van der Waals surface area (Å²) in [6.45, 7) is 3.16. The van der Waals surface area contributed by atoms with Crippen molar-refractivity contribution in [2.45, 2.75) is 37.7 Å². The molecule has 154 valence electrons. The Kier molecular flexibility index (Phi) is 6.79. The third kappa shape index (κ3) is 5.50. The molecule has 0 aliphatic rings. The summed E-state index contributed by atoms with van der Waals surface area (Å²) in [6, 6.07) is 14.1. The summed E-state index contributed by atoms with van der Waals surface area (Å²) >= 11 is 0. The maximum atomic E-state index is 13.3. The van der Waals surface area contributed by atoms with Crippen molar-refractivity contribution in [3.8, 4) is 16.9 Å². The van der Waals surface area contributed by atoms with Crippen LogP contribution in [0.2, 0.25) is 0 Å². The Bertz CT molecular complexity index is 1050. The standard InChI is InChI=1S/C21H24FN3O3S/c1-2-3-4-13-28-15-18-14-21(16-5-7-17(22)8-6-16)25(24-18)19-9-11-20(12-10-19)29(23,26)27/h5-12,14H,2-4,13,15H2,1H3,(H2,23,26,27). The highest BCUT2D eigenvalue weighted by molar-refractivity contribution is 7.89. The predicted molar refractivity (Wildman–Crippen MR) is 110 cm³/mol. The van der Waals surface area contributed by atoms with Gasteiger partial charge in [0.25, 0.3) is 0 Å². The number of primary sulfonamides is 1. The van der Waals surface area contributed by atoms with Crippen LogP contribution in [0.1, 0.15) is 31.9 Å². The topological polar surface area (TPSA) is 87.2 Å². The maximum absolute atomic E-state index is 13.3. The van der Waals surface area contributed by atoms with Crippen LogP contribution in [-0.4, -0.2) is 24.8 Å². The summed E-state index contributed by atoms with van der Waals surface area (Å²) in [7, 11) is -3.77. The summed E-state index contributed by atoms with van der Waals surface area (Å²) in [6.07, 6.45) is 3.24. The van der Waals surface area contributed by atoms with Crippen molar-refractivity contribution in [1.82, 2.24) is 9.78 Å². The second-order valence-corrected chi connectivity index (χ2v) is 8.30. The van der Waals surface area contributed by atoms with E-state index in [4.69, 9.17) is 9.88 Å². The van der Waals surface area contributed by atoms with E-state index in [0.29, 0.717) is 18.9 Å². The minimum atomic E-state index is -3.77. The molecule has 1 aromatic heterocycles. The molecule has 6 nitrogen and oxygen atoms in total. The van der Waals surface area contributed by atoms with E-state index in [0.717, 1.165) is 36.2 Å². The zero-order valence-electron chi connectivity index (χ0n) is 16.2. The monoisotopic (exact) mass is 417 g/mol. The van der Waals surface area contributed by atoms with E-state index in [2.05, 4.69) is 12.0 Å². The molecule has 0 unspecified atom stereocenters. The molecule has 0 fully saturated rings. The summed E-state index contributed by atoms with van der Waals surface area (Å²) in [5, 5.41) is 9.78. The van der Waals surface area contributed by atoms with Gasteiger partial charge in [-0.25, -0.2) is 22.6 Å². The summed E-state index contributed by atoms with van der Waals surface area (Å²) in [5.74, 6) is -0.322. The minimum absolute atomic E-state index is 0.0243. The average molecular weight is 418 g/mol. The zero-order valence-corrected chi connectivity index (χ0v) is 17.0. The lowest BCUT2D eigenvalue weighted by Crippen LogP contribution is -2.12. The van der Waals surface area contributed by atoms with E-state index in [1.165, 1.54) is 24.3 Å². The molecular weight excluding hydrogens is 393 g/mol. The van der Waals surface area contributed by atoms with Gasteiger partial charge in [0.15, 0.2) is 0 Å². The molecule has 1 heterocycles. The van der Waals surface area contributed by atoms with Crippen LogP contribution < -0.4 is 5.14 Å². The molecule has 0 bridgehead atoms. The van der Waals surface area contributed by atoms with Gasteiger partial charge in [0.2, 0.25) is 10.0 Å². The van der Waals surface area contributed by atoms with Crippen LogP contribution in [0.3, 0.4) is 0 Å². The summed E-state index contributed by atoms with van der Waals surface area (Å²) in [5.41, 5.74) is 2.93. The molecule has 0 radical (unpaired) electrons. The fraction of sp³-hybridized carbons (Fsp3) is 0.286. The van der Waals surface area contributed by atoms with Crippen molar-refractivity contribution in [1.29, 1.82) is 0 Å². The molecule has 0 saturated carbocycles. The normalized spacial score (nSPS) is 11.7. The maximum Gasteiger partial charge on any atom is 0.238 e. The third-order valence-electron chi connectivity index (χ3n) is 4.45. The molecule has 2 aromatic carbocycles. The molecule has 0 aliphatic carbocycles. The number of benzene rings is 2. The fourth-order valence-corrected chi connectivity index (χ4v) is 3.45. The number of rotatable bonds is 9. The molecule has 3 rings (SSSR count). The Labute approximate surface area is 170 Å². The number of unbranched alkanes of at least 4 members (excludes halogenated alkanes) is 2. The van der Waals surface area contributed by atoms with Gasteiger partial charge in [-0.15, -0.1) is 0 Å².